The van der Waals surface area contributed by atoms with E-state index in [-0.39, 0.29) is 11.1 Å². The van der Waals surface area contributed by atoms with Crippen LogP contribution >= 0.6 is 0 Å². The number of carboxylic acids is 2. The molecule has 9 heteroatoms. The Bertz CT molecular complexity index is 1310. The molecule has 0 radical (unpaired) electrons. The fourth-order valence-electron chi connectivity index (χ4n) is 4.17. The zero-order valence-corrected chi connectivity index (χ0v) is 21.8. The number of rotatable bonds is 13. The van der Waals surface area contributed by atoms with Gasteiger partial charge in [0.15, 0.2) is 0 Å². The van der Waals surface area contributed by atoms with E-state index in [0.29, 0.717) is 41.0 Å². The maximum Gasteiger partial charge on any atom is 0.337 e. The number of aromatic nitrogens is 4. The predicted molar refractivity (Wildman–Crippen MR) is 149 cm³/mol. The molecule has 0 aliphatic rings. The molecule has 0 saturated heterocycles. The van der Waals surface area contributed by atoms with Crippen molar-refractivity contribution in [2.45, 2.75) is 45.4 Å². The maximum absolute atomic E-state index is 11.2. The number of hydrogen-bond acceptors (Lipinski definition) is 7. The van der Waals surface area contributed by atoms with E-state index in [0.717, 1.165) is 12.8 Å². The molecular formula is C30H31N5O4. The molecule has 0 fully saturated rings. The molecule has 39 heavy (non-hydrogen) atoms. The van der Waals surface area contributed by atoms with Crippen LogP contribution in [0.3, 0.4) is 0 Å². The maximum atomic E-state index is 11.2. The zero-order chi connectivity index (χ0) is 27.6. The van der Waals surface area contributed by atoms with Crippen molar-refractivity contribution in [3.8, 4) is 22.8 Å². The van der Waals surface area contributed by atoms with Crippen LogP contribution in [0.1, 0.15) is 66.2 Å². The number of pyridine rings is 4. The first-order chi connectivity index (χ1) is 19.0. The van der Waals surface area contributed by atoms with Gasteiger partial charge in [-0.2, -0.15) is 0 Å². The molecule has 4 heterocycles. The highest BCUT2D eigenvalue weighted by atomic mass is 16.4. The summed E-state index contributed by atoms with van der Waals surface area (Å²) in [5.74, 6) is -0.661. The Labute approximate surface area is 227 Å². The molecule has 2 N–H and O–H groups in total. The van der Waals surface area contributed by atoms with Crippen molar-refractivity contribution in [1.82, 2.24) is 19.9 Å². The summed E-state index contributed by atoms with van der Waals surface area (Å²) in [5.41, 5.74) is 2.63. The third-order valence-electron chi connectivity index (χ3n) is 6.30. The van der Waals surface area contributed by atoms with Crippen molar-refractivity contribution in [3.63, 3.8) is 0 Å². The lowest BCUT2D eigenvalue weighted by molar-refractivity contribution is 0.0685. The average molecular weight is 526 g/mol. The van der Waals surface area contributed by atoms with Crippen LogP contribution in [0.25, 0.3) is 22.8 Å². The molecule has 0 aromatic carbocycles. The van der Waals surface area contributed by atoms with E-state index in [9.17, 15) is 19.8 Å². The van der Waals surface area contributed by atoms with Gasteiger partial charge in [0.25, 0.3) is 0 Å². The van der Waals surface area contributed by atoms with Gasteiger partial charge in [-0.15, -0.1) is 0 Å². The largest absolute Gasteiger partial charge is 0.478 e. The number of anilines is 2. The quantitative estimate of drug-likeness (QED) is 0.188. The molecular weight excluding hydrogens is 494 g/mol. The van der Waals surface area contributed by atoms with E-state index in [1.807, 2.05) is 36.4 Å². The van der Waals surface area contributed by atoms with Crippen molar-refractivity contribution >= 4 is 23.6 Å². The number of unbranched alkanes of at least 4 members (excludes halogenated alkanes) is 5. The lowest BCUT2D eigenvalue weighted by Gasteiger charge is -2.24. The van der Waals surface area contributed by atoms with Crippen LogP contribution in [0.5, 0.6) is 0 Å². The summed E-state index contributed by atoms with van der Waals surface area (Å²) in [5, 5.41) is 18.4. The summed E-state index contributed by atoms with van der Waals surface area (Å²) >= 11 is 0. The smallest absolute Gasteiger partial charge is 0.337 e. The SMILES string of the molecule is CCCCCCCCN(c1cccc(-c2ccc(C(=O)O)cn2)n1)c1cccc(-c2ccc(C(=O)O)cn2)n1. The molecule has 4 aromatic heterocycles. The van der Waals surface area contributed by atoms with Crippen molar-refractivity contribution < 1.29 is 19.8 Å². The number of hydrogen-bond donors (Lipinski definition) is 2. The second-order valence-electron chi connectivity index (χ2n) is 9.16. The van der Waals surface area contributed by atoms with Gasteiger partial charge in [0.1, 0.15) is 11.6 Å². The van der Waals surface area contributed by atoms with E-state index in [2.05, 4.69) is 21.8 Å². The Balaban J connectivity index is 1.64. The van der Waals surface area contributed by atoms with Crippen molar-refractivity contribution in [2.24, 2.45) is 0 Å². The van der Waals surface area contributed by atoms with E-state index in [1.165, 1.54) is 50.2 Å². The van der Waals surface area contributed by atoms with Crippen LogP contribution in [0.2, 0.25) is 0 Å². The van der Waals surface area contributed by atoms with Gasteiger partial charge in [0, 0.05) is 18.9 Å². The minimum atomic E-state index is -1.03. The average Bonchev–Trinajstić information content (AvgIpc) is 2.97. The minimum Gasteiger partial charge on any atom is -0.478 e. The molecule has 0 saturated carbocycles. The van der Waals surface area contributed by atoms with Gasteiger partial charge < -0.3 is 15.1 Å². The van der Waals surface area contributed by atoms with Gasteiger partial charge in [-0.1, -0.05) is 51.2 Å². The van der Waals surface area contributed by atoms with Gasteiger partial charge in [-0.25, -0.2) is 19.6 Å². The van der Waals surface area contributed by atoms with Gasteiger partial charge in [-0.05, 0) is 55.0 Å². The lowest BCUT2D eigenvalue weighted by Crippen LogP contribution is -2.21. The minimum absolute atomic E-state index is 0.116. The van der Waals surface area contributed by atoms with Crippen LogP contribution in [0, 0.1) is 0 Å². The predicted octanol–water partition coefficient (Wildman–Crippen LogP) is 6.50. The Kier molecular flexibility index (Phi) is 9.29. The molecule has 0 atom stereocenters. The second kappa shape index (κ2) is 13.2. The third-order valence-corrected chi connectivity index (χ3v) is 6.30. The fourth-order valence-corrected chi connectivity index (χ4v) is 4.17. The topological polar surface area (TPSA) is 129 Å². The third kappa shape index (κ3) is 7.22. The first-order valence-electron chi connectivity index (χ1n) is 13.1. The first kappa shape index (κ1) is 27.4. The Morgan fingerprint density at radius 3 is 1.56 bits per heavy atom. The number of aromatic carboxylic acids is 2. The van der Waals surface area contributed by atoms with E-state index in [1.54, 1.807) is 12.1 Å². The Hall–Kier alpha value is -4.66. The number of carbonyl (C=O) groups is 2. The van der Waals surface area contributed by atoms with Crippen LogP contribution in [0.15, 0.2) is 73.1 Å². The van der Waals surface area contributed by atoms with Crippen LogP contribution < -0.4 is 4.90 Å². The van der Waals surface area contributed by atoms with E-state index >= 15 is 0 Å². The van der Waals surface area contributed by atoms with Crippen LogP contribution in [0.4, 0.5) is 11.6 Å². The van der Waals surface area contributed by atoms with Crippen molar-refractivity contribution in [2.75, 3.05) is 11.4 Å². The molecule has 9 nitrogen and oxygen atoms in total. The molecule has 4 aromatic rings. The number of nitrogens with zero attached hydrogens (tertiary/aromatic N) is 5. The normalized spacial score (nSPS) is 10.8. The first-order valence-corrected chi connectivity index (χ1v) is 13.1. The fraction of sp³-hybridized carbons (Fsp3) is 0.267. The highest BCUT2D eigenvalue weighted by Crippen LogP contribution is 2.27. The Morgan fingerprint density at radius 1 is 0.641 bits per heavy atom. The van der Waals surface area contributed by atoms with Gasteiger partial charge in [0.05, 0.1) is 33.9 Å². The van der Waals surface area contributed by atoms with Gasteiger partial charge in [-0.3, -0.25) is 9.97 Å². The van der Waals surface area contributed by atoms with Gasteiger partial charge in [0.2, 0.25) is 0 Å². The highest BCUT2D eigenvalue weighted by molar-refractivity contribution is 5.88. The zero-order valence-electron chi connectivity index (χ0n) is 21.8. The molecule has 0 unspecified atom stereocenters. The standard InChI is InChI=1S/C30H31N5O4/c1-2-3-4-5-6-7-18-35(27-12-8-10-25(33-27)23-16-14-21(19-31-23)29(36)37)28-13-9-11-26(34-28)24-17-15-22(20-32-24)30(38)39/h8-17,19-20H,2-7,18H2,1H3,(H,36,37)(H,38,39). The highest BCUT2D eigenvalue weighted by Gasteiger charge is 2.16. The lowest BCUT2D eigenvalue weighted by atomic mass is 10.1. The van der Waals surface area contributed by atoms with Crippen LogP contribution in [-0.4, -0.2) is 48.6 Å². The molecule has 4 rings (SSSR count). The summed E-state index contributed by atoms with van der Waals surface area (Å²) in [7, 11) is 0. The number of carboxylic acid groups (broad SMARTS) is 2. The summed E-state index contributed by atoms with van der Waals surface area (Å²) in [6.45, 7) is 2.91. The van der Waals surface area contributed by atoms with Crippen LogP contribution in [-0.2, 0) is 0 Å². The molecule has 0 aliphatic heterocycles. The monoisotopic (exact) mass is 525 g/mol. The van der Waals surface area contributed by atoms with Crippen molar-refractivity contribution in [1.29, 1.82) is 0 Å². The molecule has 200 valence electrons. The summed E-state index contributed by atoms with van der Waals surface area (Å²) < 4.78 is 0. The summed E-state index contributed by atoms with van der Waals surface area (Å²) in [6, 6.07) is 17.6. The molecule has 0 aliphatic carbocycles. The second-order valence-corrected chi connectivity index (χ2v) is 9.16. The van der Waals surface area contributed by atoms with Gasteiger partial charge >= 0.3 is 11.9 Å². The van der Waals surface area contributed by atoms with E-state index < -0.39 is 11.9 Å². The summed E-state index contributed by atoms with van der Waals surface area (Å²) in [4.78, 5) is 42.8. The van der Waals surface area contributed by atoms with Crippen molar-refractivity contribution in [3.05, 3.63) is 84.2 Å². The summed E-state index contributed by atoms with van der Waals surface area (Å²) in [6.07, 6.45) is 9.52. The van der Waals surface area contributed by atoms with E-state index in [4.69, 9.17) is 9.97 Å². The Morgan fingerprint density at radius 2 is 1.13 bits per heavy atom. The molecule has 0 spiro atoms. The molecule has 0 bridgehead atoms. The molecule has 0 amide bonds.